The first kappa shape index (κ1) is 14.0. The number of hydrogen-bond acceptors (Lipinski definition) is 6. The molecule has 100 valence electrons. The molecule has 0 aliphatic rings. The summed E-state index contributed by atoms with van der Waals surface area (Å²) in [5.74, 6) is 5.61. The Hall–Kier alpha value is -1.44. The van der Waals surface area contributed by atoms with E-state index in [-0.39, 0.29) is 5.91 Å². The van der Waals surface area contributed by atoms with Crippen LogP contribution >= 0.6 is 23.1 Å². The third-order valence-electron chi connectivity index (χ3n) is 2.50. The molecule has 0 saturated carbocycles. The summed E-state index contributed by atoms with van der Waals surface area (Å²) in [5.41, 5.74) is 4.20. The zero-order valence-corrected chi connectivity index (χ0v) is 12.3. The van der Waals surface area contributed by atoms with Gasteiger partial charge in [-0.15, -0.1) is 11.3 Å². The summed E-state index contributed by atoms with van der Waals surface area (Å²) in [7, 11) is 0. The van der Waals surface area contributed by atoms with Gasteiger partial charge in [-0.3, -0.25) is 10.2 Å². The van der Waals surface area contributed by atoms with Crippen molar-refractivity contribution < 1.29 is 4.79 Å². The molecule has 5 nitrogen and oxygen atoms in total. The van der Waals surface area contributed by atoms with E-state index >= 15 is 0 Å². The number of carbonyl (C=O) groups excluding carboxylic acids is 1. The molecule has 2 heterocycles. The van der Waals surface area contributed by atoms with Gasteiger partial charge in [0.05, 0.1) is 4.88 Å². The van der Waals surface area contributed by atoms with Crippen LogP contribution in [-0.2, 0) is 5.75 Å². The van der Waals surface area contributed by atoms with Crippen LogP contribution in [0.1, 0.15) is 25.8 Å². The molecule has 19 heavy (non-hydrogen) atoms. The Kier molecular flexibility index (Phi) is 4.52. The molecule has 0 atom stereocenters. The van der Waals surface area contributed by atoms with Crippen molar-refractivity contribution in [3.05, 3.63) is 39.3 Å². The zero-order chi connectivity index (χ0) is 13.8. The monoisotopic (exact) mass is 294 g/mol. The number of hydrogen-bond donors (Lipinski definition) is 2. The topological polar surface area (TPSA) is 80.9 Å². The summed E-state index contributed by atoms with van der Waals surface area (Å²) in [6.45, 7) is 3.93. The molecule has 2 rings (SSSR count). The molecule has 0 unspecified atom stereocenters. The second-order valence-corrected chi connectivity index (χ2v) is 6.13. The van der Waals surface area contributed by atoms with Crippen LogP contribution in [0.3, 0.4) is 0 Å². The lowest BCUT2D eigenvalue weighted by atomic mass is 10.3. The fraction of sp³-hybridized carbons (Fsp3) is 0.250. The molecule has 0 aliphatic heterocycles. The molecule has 2 aromatic heterocycles. The second-order valence-electron chi connectivity index (χ2n) is 3.93. The van der Waals surface area contributed by atoms with Gasteiger partial charge in [-0.2, -0.15) is 0 Å². The molecule has 3 N–H and O–H groups in total. The van der Waals surface area contributed by atoms with Gasteiger partial charge in [0.1, 0.15) is 0 Å². The lowest BCUT2D eigenvalue weighted by Gasteiger charge is -2.00. The highest BCUT2D eigenvalue weighted by atomic mass is 32.2. The summed E-state index contributed by atoms with van der Waals surface area (Å²) in [6, 6.07) is 3.73. The highest BCUT2D eigenvalue weighted by Crippen LogP contribution is 2.27. The number of thiophene rings is 1. The predicted molar refractivity (Wildman–Crippen MR) is 77.0 cm³/mol. The van der Waals surface area contributed by atoms with Crippen LogP contribution in [0, 0.1) is 13.8 Å². The molecule has 0 saturated heterocycles. The fourth-order valence-electron chi connectivity index (χ4n) is 1.48. The molecular weight excluding hydrogens is 280 g/mol. The van der Waals surface area contributed by atoms with Crippen molar-refractivity contribution in [1.29, 1.82) is 0 Å². The molecule has 1 amide bonds. The van der Waals surface area contributed by atoms with E-state index < -0.39 is 0 Å². The number of nitrogen functional groups attached to an aromatic ring is 1. The first-order valence-electron chi connectivity index (χ1n) is 5.63. The third kappa shape index (κ3) is 3.52. The van der Waals surface area contributed by atoms with Gasteiger partial charge in [0.2, 0.25) is 0 Å². The Morgan fingerprint density at radius 3 is 3.00 bits per heavy atom. The normalized spacial score (nSPS) is 10.5. The van der Waals surface area contributed by atoms with Crippen LogP contribution in [0.15, 0.2) is 23.5 Å². The molecule has 0 aliphatic carbocycles. The predicted octanol–water partition coefficient (Wildman–Crippen LogP) is 2.05. The van der Waals surface area contributed by atoms with Crippen LogP contribution in [0.5, 0.6) is 0 Å². The van der Waals surface area contributed by atoms with Crippen LogP contribution in [0.4, 0.5) is 0 Å². The summed E-state index contributed by atoms with van der Waals surface area (Å²) >= 11 is 3.00. The average Bonchev–Trinajstić information content (AvgIpc) is 2.77. The van der Waals surface area contributed by atoms with E-state index in [0.29, 0.717) is 4.88 Å². The molecule has 0 bridgehead atoms. The average molecular weight is 294 g/mol. The van der Waals surface area contributed by atoms with E-state index in [9.17, 15) is 4.79 Å². The lowest BCUT2D eigenvalue weighted by Crippen LogP contribution is -2.29. The Balaban J connectivity index is 2.07. The molecule has 0 fully saturated rings. The van der Waals surface area contributed by atoms with Gasteiger partial charge in [-0.05, 0) is 31.5 Å². The van der Waals surface area contributed by atoms with Gasteiger partial charge in [-0.1, -0.05) is 11.8 Å². The van der Waals surface area contributed by atoms with Crippen LogP contribution < -0.4 is 11.3 Å². The minimum atomic E-state index is -0.254. The van der Waals surface area contributed by atoms with E-state index in [1.165, 1.54) is 11.3 Å². The van der Waals surface area contributed by atoms with Crippen LogP contribution in [0.2, 0.25) is 0 Å². The van der Waals surface area contributed by atoms with Crippen molar-refractivity contribution in [3.8, 4) is 0 Å². The molecule has 0 aromatic carbocycles. The van der Waals surface area contributed by atoms with E-state index in [1.807, 2.05) is 26.0 Å². The number of nitrogens with one attached hydrogen (secondary N) is 1. The van der Waals surface area contributed by atoms with E-state index in [2.05, 4.69) is 15.4 Å². The minimum Gasteiger partial charge on any atom is -0.289 e. The zero-order valence-electron chi connectivity index (χ0n) is 10.6. The van der Waals surface area contributed by atoms with Gasteiger partial charge in [0, 0.05) is 22.5 Å². The van der Waals surface area contributed by atoms with Crippen molar-refractivity contribution >= 4 is 29.0 Å². The smallest absolute Gasteiger partial charge is 0.275 e. The Morgan fingerprint density at radius 2 is 2.32 bits per heavy atom. The van der Waals surface area contributed by atoms with Crippen molar-refractivity contribution in [2.75, 3.05) is 0 Å². The van der Waals surface area contributed by atoms with Gasteiger partial charge in [0.15, 0.2) is 5.16 Å². The van der Waals surface area contributed by atoms with Gasteiger partial charge in [0.25, 0.3) is 5.91 Å². The number of thioether (sulfide) groups is 1. The number of amides is 1. The number of nitrogens with two attached hydrogens (primary N) is 1. The van der Waals surface area contributed by atoms with Gasteiger partial charge in [-0.25, -0.2) is 15.8 Å². The molecule has 2 aromatic rings. The van der Waals surface area contributed by atoms with Crippen molar-refractivity contribution in [2.45, 2.75) is 24.8 Å². The highest BCUT2D eigenvalue weighted by Gasteiger charge is 2.12. The maximum Gasteiger partial charge on any atom is 0.275 e. The first-order valence-corrected chi connectivity index (χ1v) is 7.43. The van der Waals surface area contributed by atoms with E-state index in [1.54, 1.807) is 18.0 Å². The quantitative estimate of drug-likeness (QED) is 0.296. The van der Waals surface area contributed by atoms with Crippen LogP contribution in [0.25, 0.3) is 0 Å². The lowest BCUT2D eigenvalue weighted by molar-refractivity contribution is 0.0957. The van der Waals surface area contributed by atoms with E-state index in [0.717, 1.165) is 27.0 Å². The maximum absolute atomic E-state index is 11.4. The van der Waals surface area contributed by atoms with Crippen molar-refractivity contribution in [1.82, 2.24) is 15.4 Å². The summed E-state index contributed by atoms with van der Waals surface area (Å²) < 4.78 is 0. The van der Waals surface area contributed by atoms with Crippen molar-refractivity contribution in [2.24, 2.45) is 5.84 Å². The first-order chi connectivity index (χ1) is 9.10. The number of nitrogens with zero attached hydrogens (tertiary/aromatic N) is 2. The number of aromatic nitrogens is 2. The standard InChI is InChI=1S/C12H14N4OS2/c1-7-3-4-14-12(15-7)18-6-9-5-10(11(17)16-13)19-8(9)2/h3-5H,6,13H2,1-2H3,(H,16,17). The summed E-state index contributed by atoms with van der Waals surface area (Å²) in [4.78, 5) is 21.7. The molecular formula is C12H14N4OS2. The maximum atomic E-state index is 11.4. The van der Waals surface area contributed by atoms with Crippen LogP contribution in [-0.4, -0.2) is 15.9 Å². The Labute approximate surface area is 119 Å². The summed E-state index contributed by atoms with van der Waals surface area (Å²) in [6.07, 6.45) is 1.75. The van der Waals surface area contributed by atoms with Crippen molar-refractivity contribution in [3.63, 3.8) is 0 Å². The number of aryl methyl sites for hydroxylation is 2. The van der Waals surface area contributed by atoms with Gasteiger partial charge >= 0.3 is 0 Å². The molecule has 0 spiro atoms. The number of carbonyl (C=O) groups is 1. The Morgan fingerprint density at radius 1 is 1.53 bits per heavy atom. The Bertz CT molecular complexity index is 597. The highest BCUT2D eigenvalue weighted by molar-refractivity contribution is 7.98. The van der Waals surface area contributed by atoms with Gasteiger partial charge < -0.3 is 0 Å². The fourth-order valence-corrected chi connectivity index (χ4v) is 3.45. The SMILES string of the molecule is Cc1ccnc(SCc2cc(C(=O)NN)sc2C)n1. The summed E-state index contributed by atoms with van der Waals surface area (Å²) in [5, 5.41) is 0.746. The van der Waals surface area contributed by atoms with E-state index in [4.69, 9.17) is 5.84 Å². The molecule has 0 radical (unpaired) electrons. The number of rotatable bonds is 4. The minimum absolute atomic E-state index is 0.254. The third-order valence-corrected chi connectivity index (χ3v) is 4.51. The second kappa shape index (κ2) is 6.14. The number of hydrazine groups is 1. The largest absolute Gasteiger partial charge is 0.289 e. The molecule has 7 heteroatoms.